The number of rotatable bonds is 10. The lowest BCUT2D eigenvalue weighted by Crippen LogP contribution is -2.68. The molecule has 0 aliphatic carbocycles. The zero-order valence-corrected chi connectivity index (χ0v) is 28.6. The summed E-state index contributed by atoms with van der Waals surface area (Å²) in [6, 6.07) is 15.7. The molecule has 2 saturated heterocycles. The molecule has 7 rings (SSSR count). The van der Waals surface area contributed by atoms with Gasteiger partial charge in [0.25, 0.3) is 11.8 Å². The molecule has 4 aromatic rings. The Morgan fingerprint density at radius 2 is 1.85 bits per heavy atom. The van der Waals surface area contributed by atoms with E-state index in [1.54, 1.807) is 29.9 Å². The van der Waals surface area contributed by atoms with Crippen LogP contribution in [0.25, 0.3) is 5.69 Å². The van der Waals surface area contributed by atoms with E-state index in [1.165, 1.54) is 4.90 Å². The number of benzene rings is 2. The second-order valence-electron chi connectivity index (χ2n) is 13.5. The van der Waals surface area contributed by atoms with Crippen LogP contribution in [-0.4, -0.2) is 87.3 Å². The van der Waals surface area contributed by atoms with Crippen molar-refractivity contribution in [2.75, 3.05) is 37.7 Å². The van der Waals surface area contributed by atoms with E-state index >= 15 is 0 Å². The van der Waals surface area contributed by atoms with Crippen LogP contribution in [-0.2, 0) is 27.0 Å². The first-order valence-electron chi connectivity index (χ1n) is 16.9. The average molecular weight is 715 g/mol. The molecule has 2 N–H and O–H groups in total. The highest BCUT2D eigenvalue weighted by molar-refractivity contribution is 6.04. The van der Waals surface area contributed by atoms with E-state index < -0.39 is 41.5 Å². The molecule has 1 unspecified atom stereocenters. The molecule has 0 bridgehead atoms. The molecular weight excluding hydrogens is 677 g/mol. The Morgan fingerprint density at radius 1 is 1.10 bits per heavy atom. The van der Waals surface area contributed by atoms with Crippen molar-refractivity contribution in [1.29, 1.82) is 0 Å². The van der Waals surface area contributed by atoms with E-state index in [1.807, 2.05) is 49.4 Å². The number of nitrogens with one attached hydrogen (secondary N) is 2. The highest BCUT2D eigenvalue weighted by Crippen LogP contribution is 2.42. The van der Waals surface area contributed by atoms with Gasteiger partial charge in [-0.2, -0.15) is 18.3 Å². The van der Waals surface area contributed by atoms with Gasteiger partial charge < -0.3 is 15.4 Å². The number of hydrogen-bond donors (Lipinski definition) is 2. The normalized spacial score (nSPS) is 20.0. The fourth-order valence-electron chi connectivity index (χ4n) is 7.12. The Kier molecular flexibility index (Phi) is 9.17. The Balaban J connectivity index is 1.18. The molecule has 270 valence electrons. The lowest BCUT2D eigenvalue weighted by Gasteiger charge is -2.57. The van der Waals surface area contributed by atoms with Crippen molar-refractivity contribution in [3.63, 3.8) is 0 Å². The summed E-state index contributed by atoms with van der Waals surface area (Å²) in [4.78, 5) is 51.9. The first-order valence-corrected chi connectivity index (χ1v) is 16.9. The van der Waals surface area contributed by atoms with Crippen molar-refractivity contribution < 1.29 is 32.3 Å². The second kappa shape index (κ2) is 13.6. The number of halogens is 3. The van der Waals surface area contributed by atoms with Crippen LogP contribution in [0.3, 0.4) is 0 Å². The maximum absolute atomic E-state index is 14.3. The number of fused-ring (bicyclic) bond motifs is 1. The van der Waals surface area contributed by atoms with Crippen molar-refractivity contribution in [2.45, 2.75) is 44.6 Å². The quantitative estimate of drug-likeness (QED) is 0.237. The molecule has 52 heavy (non-hydrogen) atoms. The highest BCUT2D eigenvalue weighted by atomic mass is 19.4. The molecule has 3 atom stereocenters. The number of carbonyl (C=O) groups is 3. The number of aromatic nitrogens is 4. The summed E-state index contributed by atoms with van der Waals surface area (Å²) in [6.45, 7) is 11.4. The van der Waals surface area contributed by atoms with Gasteiger partial charge in [-0.3, -0.25) is 24.2 Å². The molecule has 2 fully saturated rings. The molecule has 5 heterocycles. The van der Waals surface area contributed by atoms with Gasteiger partial charge in [0.2, 0.25) is 11.7 Å². The van der Waals surface area contributed by atoms with Crippen molar-refractivity contribution >= 4 is 23.5 Å². The number of likely N-dealkylation sites (tertiary alicyclic amines) is 1. The summed E-state index contributed by atoms with van der Waals surface area (Å²) in [5, 5.41) is 10.2. The van der Waals surface area contributed by atoms with Gasteiger partial charge in [-0.05, 0) is 43.2 Å². The van der Waals surface area contributed by atoms with E-state index in [2.05, 4.69) is 37.2 Å². The average Bonchev–Trinajstić information content (AvgIpc) is 3.54. The van der Waals surface area contributed by atoms with Crippen LogP contribution in [0.2, 0.25) is 0 Å². The number of para-hydroxylation sites is 1. The zero-order valence-electron chi connectivity index (χ0n) is 28.6. The smallest absolute Gasteiger partial charge is 0.380 e. The van der Waals surface area contributed by atoms with E-state index in [-0.39, 0.29) is 30.5 Å². The van der Waals surface area contributed by atoms with Crippen LogP contribution in [0.4, 0.5) is 19.0 Å². The third-order valence-corrected chi connectivity index (χ3v) is 9.98. The largest absolute Gasteiger partial charge is 0.433 e. The van der Waals surface area contributed by atoms with Gasteiger partial charge in [0.05, 0.1) is 25.1 Å². The number of likely N-dealkylation sites (N-methyl/N-ethyl adjacent to an activating group) is 1. The van der Waals surface area contributed by atoms with E-state index in [9.17, 15) is 27.6 Å². The third-order valence-electron chi connectivity index (χ3n) is 9.98. The van der Waals surface area contributed by atoms with Crippen LogP contribution in [0.15, 0.2) is 85.2 Å². The van der Waals surface area contributed by atoms with Crippen LogP contribution in [0.5, 0.6) is 0 Å². The molecule has 3 aliphatic heterocycles. The monoisotopic (exact) mass is 714 g/mol. The first kappa shape index (κ1) is 35.0. The van der Waals surface area contributed by atoms with Gasteiger partial charge in [0.1, 0.15) is 17.6 Å². The summed E-state index contributed by atoms with van der Waals surface area (Å²) in [6.07, 6.45) is -2.33. The molecule has 0 radical (unpaired) electrons. The molecule has 3 amide bonds. The standard InChI is InChI=1S/C37H37F3N8O4/c1-4-47-34-27(17-43-48(34)26-11-6-5-7-12-26)29(30(35(47)51)45-33(50)31-41-14-13-28(44-31)37(38,39)40)25-10-8-9-24(15-25)16-42-32(49)22(2)23(3)46-18-36(19-46)20-52-21-36/h5-15,17,23,29-30H,2,4,16,18-21H2,1,3H3,(H,42,49)(H,45,50)/t23?,29-,30-/m1/s1. The Bertz CT molecular complexity index is 2020. The minimum atomic E-state index is -4.80. The van der Waals surface area contributed by atoms with Crippen molar-refractivity contribution in [3.05, 3.63) is 113 Å². The molecule has 15 heteroatoms. The minimum Gasteiger partial charge on any atom is -0.380 e. The molecule has 3 aliphatic rings. The van der Waals surface area contributed by atoms with Gasteiger partial charge in [0.15, 0.2) is 0 Å². The maximum Gasteiger partial charge on any atom is 0.433 e. The number of alkyl halides is 3. The number of hydrogen-bond acceptors (Lipinski definition) is 8. The third kappa shape index (κ3) is 6.45. The molecular formula is C37H37F3N8O4. The Labute approximate surface area is 297 Å². The summed E-state index contributed by atoms with van der Waals surface area (Å²) >= 11 is 0. The zero-order chi connectivity index (χ0) is 36.8. The molecule has 12 nitrogen and oxygen atoms in total. The SMILES string of the molecule is C=C(C(=O)NCc1cccc([C@@H]2c3cnn(-c4ccccc4)c3N(CC)C(=O)[C@@H]2NC(=O)c2nccc(C(F)(F)F)n2)c1)C(C)N1CC2(COC2)C1. The van der Waals surface area contributed by atoms with Gasteiger partial charge in [-0.1, -0.05) is 49.0 Å². The van der Waals surface area contributed by atoms with Gasteiger partial charge in [-0.15, -0.1) is 0 Å². The summed E-state index contributed by atoms with van der Waals surface area (Å²) in [7, 11) is 0. The minimum absolute atomic E-state index is 0.142. The Hall–Kier alpha value is -5.41. The molecule has 1 spiro atoms. The fraction of sp³-hybridized carbons (Fsp3) is 0.351. The second-order valence-corrected chi connectivity index (χ2v) is 13.5. The van der Waals surface area contributed by atoms with Crippen molar-refractivity contribution in [3.8, 4) is 5.69 Å². The van der Waals surface area contributed by atoms with Gasteiger partial charge in [0, 0.05) is 60.9 Å². The maximum atomic E-state index is 14.3. The van der Waals surface area contributed by atoms with E-state index in [0.29, 0.717) is 34.3 Å². The summed E-state index contributed by atoms with van der Waals surface area (Å²) < 4.78 is 47.3. The summed E-state index contributed by atoms with van der Waals surface area (Å²) in [5.74, 6) is -2.88. The van der Waals surface area contributed by atoms with Gasteiger partial charge >= 0.3 is 6.18 Å². The van der Waals surface area contributed by atoms with Crippen LogP contribution in [0.1, 0.15) is 52.8 Å². The van der Waals surface area contributed by atoms with Crippen molar-refractivity contribution in [1.82, 2.24) is 35.3 Å². The van der Waals surface area contributed by atoms with Crippen LogP contribution in [0, 0.1) is 5.41 Å². The predicted octanol–water partition coefficient (Wildman–Crippen LogP) is 3.87. The number of nitrogens with zero attached hydrogens (tertiary/aromatic N) is 6. The first-order chi connectivity index (χ1) is 24.9. The number of amides is 3. The number of ether oxygens (including phenoxy) is 1. The number of anilines is 1. The van der Waals surface area contributed by atoms with Gasteiger partial charge in [-0.25, -0.2) is 14.6 Å². The highest BCUT2D eigenvalue weighted by Gasteiger charge is 2.50. The van der Waals surface area contributed by atoms with Crippen molar-refractivity contribution in [2.24, 2.45) is 5.41 Å². The molecule has 2 aromatic heterocycles. The van der Waals surface area contributed by atoms with Crippen LogP contribution >= 0.6 is 0 Å². The lowest BCUT2D eigenvalue weighted by atomic mass is 9.76. The predicted molar refractivity (Wildman–Crippen MR) is 183 cm³/mol. The molecule has 0 saturated carbocycles. The lowest BCUT2D eigenvalue weighted by molar-refractivity contribution is -0.194. The fourth-order valence-corrected chi connectivity index (χ4v) is 7.12. The Morgan fingerprint density at radius 3 is 2.52 bits per heavy atom. The van der Waals surface area contributed by atoms with E-state index in [0.717, 1.165) is 38.1 Å². The summed E-state index contributed by atoms with van der Waals surface area (Å²) in [5.41, 5.74) is 2.00. The van der Waals surface area contributed by atoms with E-state index in [4.69, 9.17) is 4.74 Å². The molecule has 2 aromatic carbocycles. The number of carbonyl (C=O) groups excluding carboxylic acids is 3. The topological polar surface area (TPSA) is 135 Å². The van der Waals surface area contributed by atoms with Crippen LogP contribution < -0.4 is 15.5 Å².